The number of para-hydroxylation sites is 1. The van der Waals surface area contributed by atoms with Crippen molar-refractivity contribution in [2.75, 3.05) is 0 Å². The molecule has 0 aliphatic heterocycles. The van der Waals surface area contributed by atoms with Crippen LogP contribution in [0.25, 0.3) is 5.57 Å². The third-order valence-corrected chi connectivity index (χ3v) is 2.84. The monoisotopic (exact) mass is 224 g/mol. The van der Waals surface area contributed by atoms with E-state index in [0.717, 1.165) is 24.0 Å². The van der Waals surface area contributed by atoms with Crippen LogP contribution in [0.15, 0.2) is 61.2 Å². The van der Waals surface area contributed by atoms with E-state index in [1.165, 1.54) is 5.56 Å². The first kappa shape index (κ1) is 11.5. The highest BCUT2D eigenvalue weighted by molar-refractivity contribution is 5.68. The third-order valence-electron chi connectivity index (χ3n) is 2.84. The van der Waals surface area contributed by atoms with E-state index in [4.69, 9.17) is 0 Å². The van der Waals surface area contributed by atoms with Crippen LogP contribution in [-0.4, -0.2) is 5.11 Å². The molecule has 0 saturated carbocycles. The Kier molecular flexibility index (Phi) is 3.61. The van der Waals surface area contributed by atoms with Gasteiger partial charge in [0.2, 0.25) is 0 Å². The summed E-state index contributed by atoms with van der Waals surface area (Å²) in [7, 11) is 0. The zero-order valence-electron chi connectivity index (χ0n) is 9.76. The summed E-state index contributed by atoms with van der Waals surface area (Å²) in [6, 6.07) is 17.7. The average molecular weight is 224 g/mol. The number of aryl methyl sites for hydroxylation is 1. The molecule has 0 radical (unpaired) electrons. The molecule has 2 rings (SSSR count). The first-order chi connectivity index (χ1) is 8.27. The molecule has 17 heavy (non-hydrogen) atoms. The standard InChI is InChI=1S/C16H16O/c1-13(15-9-5-6-10-16(15)17)11-12-14-7-3-2-4-8-14/h2-10,17H,1,11-12H2. The van der Waals surface area contributed by atoms with Gasteiger partial charge in [-0.05, 0) is 30.0 Å². The van der Waals surface area contributed by atoms with Gasteiger partial charge in [0.1, 0.15) is 5.75 Å². The third kappa shape index (κ3) is 2.97. The second kappa shape index (κ2) is 5.35. The summed E-state index contributed by atoms with van der Waals surface area (Å²) in [5.74, 6) is 0.311. The summed E-state index contributed by atoms with van der Waals surface area (Å²) in [6.45, 7) is 4.04. The Bertz CT molecular complexity index is 500. The van der Waals surface area contributed by atoms with E-state index in [-0.39, 0.29) is 0 Å². The number of allylic oxidation sites excluding steroid dienone is 1. The molecule has 1 heteroatoms. The van der Waals surface area contributed by atoms with Crippen LogP contribution in [-0.2, 0) is 6.42 Å². The maximum atomic E-state index is 9.72. The molecule has 0 amide bonds. The number of hydrogen-bond donors (Lipinski definition) is 1. The largest absolute Gasteiger partial charge is 0.507 e. The van der Waals surface area contributed by atoms with Crippen LogP contribution in [0.1, 0.15) is 17.5 Å². The Hall–Kier alpha value is -2.02. The van der Waals surface area contributed by atoms with Gasteiger partial charge in [-0.1, -0.05) is 55.1 Å². The SMILES string of the molecule is C=C(CCc1ccccc1)c1ccccc1O. The van der Waals surface area contributed by atoms with Crippen molar-refractivity contribution in [1.29, 1.82) is 0 Å². The van der Waals surface area contributed by atoms with Crippen LogP contribution < -0.4 is 0 Å². The molecule has 1 N–H and O–H groups in total. The van der Waals surface area contributed by atoms with Crippen molar-refractivity contribution in [2.24, 2.45) is 0 Å². The van der Waals surface area contributed by atoms with E-state index in [1.807, 2.05) is 36.4 Å². The molecule has 0 fully saturated rings. The number of aromatic hydroxyl groups is 1. The highest BCUT2D eigenvalue weighted by Gasteiger charge is 2.04. The molecule has 0 atom stereocenters. The van der Waals surface area contributed by atoms with Crippen LogP contribution in [0.2, 0.25) is 0 Å². The Labute approximate surface area is 102 Å². The number of benzene rings is 2. The summed E-state index contributed by atoms with van der Waals surface area (Å²) in [4.78, 5) is 0. The molecular weight excluding hydrogens is 208 g/mol. The lowest BCUT2D eigenvalue weighted by atomic mass is 9.99. The molecule has 0 aliphatic carbocycles. The quantitative estimate of drug-likeness (QED) is 0.831. The van der Waals surface area contributed by atoms with Gasteiger partial charge >= 0.3 is 0 Å². The fraction of sp³-hybridized carbons (Fsp3) is 0.125. The van der Waals surface area contributed by atoms with Gasteiger partial charge in [-0.25, -0.2) is 0 Å². The van der Waals surface area contributed by atoms with Crippen molar-refractivity contribution in [2.45, 2.75) is 12.8 Å². The van der Waals surface area contributed by atoms with Crippen LogP contribution in [0, 0.1) is 0 Å². The van der Waals surface area contributed by atoms with Crippen molar-refractivity contribution in [3.05, 3.63) is 72.3 Å². The van der Waals surface area contributed by atoms with Crippen molar-refractivity contribution in [1.82, 2.24) is 0 Å². The summed E-state index contributed by atoms with van der Waals surface area (Å²) >= 11 is 0. The van der Waals surface area contributed by atoms with Gasteiger partial charge in [0, 0.05) is 5.56 Å². The molecule has 0 bridgehead atoms. The highest BCUT2D eigenvalue weighted by atomic mass is 16.3. The molecule has 2 aromatic carbocycles. The first-order valence-corrected chi connectivity index (χ1v) is 5.77. The molecular formula is C16H16O. The maximum Gasteiger partial charge on any atom is 0.123 e. The van der Waals surface area contributed by atoms with Gasteiger partial charge in [0.05, 0.1) is 0 Å². The smallest absolute Gasteiger partial charge is 0.123 e. The van der Waals surface area contributed by atoms with E-state index in [2.05, 4.69) is 18.7 Å². The fourth-order valence-electron chi connectivity index (χ4n) is 1.85. The average Bonchev–Trinajstić information content (AvgIpc) is 2.38. The van der Waals surface area contributed by atoms with Crippen molar-refractivity contribution >= 4 is 5.57 Å². The van der Waals surface area contributed by atoms with Gasteiger partial charge in [0.15, 0.2) is 0 Å². The van der Waals surface area contributed by atoms with Gasteiger partial charge in [-0.2, -0.15) is 0 Å². The normalized spacial score (nSPS) is 10.1. The molecule has 0 aromatic heterocycles. The summed E-state index contributed by atoms with van der Waals surface area (Å²) < 4.78 is 0. The molecule has 0 spiro atoms. The molecule has 1 nitrogen and oxygen atoms in total. The molecule has 0 saturated heterocycles. The van der Waals surface area contributed by atoms with E-state index in [0.29, 0.717) is 5.75 Å². The van der Waals surface area contributed by atoms with E-state index >= 15 is 0 Å². The number of phenolic OH excluding ortho intramolecular Hbond substituents is 1. The van der Waals surface area contributed by atoms with Gasteiger partial charge in [0.25, 0.3) is 0 Å². The van der Waals surface area contributed by atoms with Crippen molar-refractivity contribution < 1.29 is 5.11 Å². The summed E-state index contributed by atoms with van der Waals surface area (Å²) in [5, 5.41) is 9.72. The zero-order valence-corrected chi connectivity index (χ0v) is 9.76. The topological polar surface area (TPSA) is 20.2 Å². The molecule has 0 unspecified atom stereocenters. The first-order valence-electron chi connectivity index (χ1n) is 5.77. The van der Waals surface area contributed by atoms with Gasteiger partial charge in [-0.3, -0.25) is 0 Å². The maximum absolute atomic E-state index is 9.72. The minimum atomic E-state index is 0.311. The second-order valence-corrected chi connectivity index (χ2v) is 4.11. The summed E-state index contributed by atoms with van der Waals surface area (Å²) in [5.41, 5.74) is 3.12. The molecule has 2 aromatic rings. The zero-order chi connectivity index (χ0) is 12.1. The minimum absolute atomic E-state index is 0.311. The number of hydrogen-bond acceptors (Lipinski definition) is 1. The predicted molar refractivity (Wildman–Crippen MR) is 71.9 cm³/mol. The Morgan fingerprint density at radius 1 is 0.941 bits per heavy atom. The van der Waals surface area contributed by atoms with Crippen molar-refractivity contribution in [3.8, 4) is 5.75 Å². The van der Waals surface area contributed by atoms with Gasteiger partial charge < -0.3 is 5.11 Å². The van der Waals surface area contributed by atoms with Crippen LogP contribution in [0.3, 0.4) is 0 Å². The lowest BCUT2D eigenvalue weighted by molar-refractivity contribution is 0.473. The number of phenols is 1. The number of rotatable bonds is 4. The summed E-state index contributed by atoms with van der Waals surface area (Å²) in [6.07, 6.45) is 1.82. The Morgan fingerprint density at radius 3 is 2.29 bits per heavy atom. The highest BCUT2D eigenvalue weighted by Crippen LogP contribution is 2.26. The Morgan fingerprint density at radius 2 is 1.59 bits per heavy atom. The fourth-order valence-corrected chi connectivity index (χ4v) is 1.85. The van der Waals surface area contributed by atoms with Crippen LogP contribution in [0.5, 0.6) is 5.75 Å². The van der Waals surface area contributed by atoms with Gasteiger partial charge in [-0.15, -0.1) is 0 Å². The second-order valence-electron chi connectivity index (χ2n) is 4.11. The van der Waals surface area contributed by atoms with Crippen LogP contribution >= 0.6 is 0 Å². The van der Waals surface area contributed by atoms with E-state index in [9.17, 15) is 5.11 Å². The Balaban J connectivity index is 2.01. The lowest BCUT2D eigenvalue weighted by Gasteiger charge is -2.08. The van der Waals surface area contributed by atoms with E-state index < -0.39 is 0 Å². The molecule has 0 aliphatic rings. The van der Waals surface area contributed by atoms with Crippen molar-refractivity contribution in [3.63, 3.8) is 0 Å². The minimum Gasteiger partial charge on any atom is -0.507 e. The van der Waals surface area contributed by atoms with Crippen LogP contribution in [0.4, 0.5) is 0 Å². The predicted octanol–water partition coefficient (Wildman–Crippen LogP) is 4.04. The van der Waals surface area contributed by atoms with E-state index in [1.54, 1.807) is 6.07 Å². The molecule has 86 valence electrons. The lowest BCUT2D eigenvalue weighted by Crippen LogP contribution is -1.88. The molecule has 0 heterocycles.